The molecule has 0 aliphatic carbocycles. The molecule has 3 aromatic rings. The fourth-order valence-electron chi connectivity index (χ4n) is 2.50. The molecule has 0 unspecified atom stereocenters. The largest absolute Gasteiger partial charge is 0.491 e. The summed E-state index contributed by atoms with van der Waals surface area (Å²) in [7, 11) is 0. The van der Waals surface area contributed by atoms with E-state index in [9.17, 15) is 14.9 Å². The van der Waals surface area contributed by atoms with Gasteiger partial charge in [0.2, 0.25) is 5.91 Å². The predicted molar refractivity (Wildman–Crippen MR) is 114 cm³/mol. The Kier molecular flexibility index (Phi) is 6.36. The van der Waals surface area contributed by atoms with E-state index in [4.69, 9.17) is 4.74 Å². The standard InChI is InChI=1S/C21H19N3O4S/c1-14(2)28-18-9-7-16(8-10-18)19-13-29-21(22-19)23-20(25)11-6-15-4-3-5-17(12-15)24(26)27/h3-14H,1-2H3,(H,22,23,25)/b11-6+. The van der Waals surface area contributed by atoms with Crippen molar-refractivity contribution in [3.8, 4) is 17.0 Å². The lowest BCUT2D eigenvalue weighted by atomic mass is 10.2. The van der Waals surface area contributed by atoms with Gasteiger partial charge in [-0.1, -0.05) is 12.1 Å². The van der Waals surface area contributed by atoms with Crippen molar-refractivity contribution in [2.24, 2.45) is 0 Å². The molecule has 3 rings (SSSR count). The van der Waals surface area contributed by atoms with Crippen LogP contribution in [-0.4, -0.2) is 21.9 Å². The van der Waals surface area contributed by atoms with Crippen LogP contribution < -0.4 is 10.1 Å². The first-order valence-electron chi connectivity index (χ1n) is 8.87. The first-order chi connectivity index (χ1) is 13.9. The molecule has 29 heavy (non-hydrogen) atoms. The summed E-state index contributed by atoms with van der Waals surface area (Å²) in [6, 6.07) is 13.7. The lowest BCUT2D eigenvalue weighted by Gasteiger charge is -2.09. The maximum absolute atomic E-state index is 12.1. The number of hydrogen-bond donors (Lipinski definition) is 1. The van der Waals surface area contributed by atoms with E-state index < -0.39 is 4.92 Å². The first-order valence-corrected chi connectivity index (χ1v) is 9.75. The minimum atomic E-state index is -0.476. The van der Waals surface area contributed by atoms with E-state index in [0.717, 1.165) is 17.0 Å². The number of hydrogen-bond acceptors (Lipinski definition) is 6. The Morgan fingerprint density at radius 3 is 2.69 bits per heavy atom. The fraction of sp³-hybridized carbons (Fsp3) is 0.143. The fourth-order valence-corrected chi connectivity index (χ4v) is 3.22. The molecule has 0 bridgehead atoms. The van der Waals surface area contributed by atoms with Crippen molar-refractivity contribution in [3.63, 3.8) is 0 Å². The zero-order valence-electron chi connectivity index (χ0n) is 15.9. The first kappa shape index (κ1) is 20.2. The Morgan fingerprint density at radius 1 is 1.24 bits per heavy atom. The summed E-state index contributed by atoms with van der Waals surface area (Å²) in [6.45, 7) is 3.94. The van der Waals surface area contributed by atoms with Crippen molar-refractivity contribution in [1.82, 2.24) is 4.98 Å². The van der Waals surface area contributed by atoms with E-state index in [2.05, 4.69) is 10.3 Å². The third-order valence-corrected chi connectivity index (χ3v) is 4.52. The average molecular weight is 409 g/mol. The summed E-state index contributed by atoms with van der Waals surface area (Å²) in [4.78, 5) is 26.9. The number of carbonyl (C=O) groups is 1. The lowest BCUT2D eigenvalue weighted by Crippen LogP contribution is -2.07. The Labute approximate surface area is 171 Å². The molecule has 0 spiro atoms. The van der Waals surface area contributed by atoms with Crippen LogP contribution in [0.1, 0.15) is 19.4 Å². The molecular weight excluding hydrogens is 390 g/mol. The molecule has 0 aliphatic rings. The van der Waals surface area contributed by atoms with Crippen LogP contribution in [0.2, 0.25) is 0 Å². The molecule has 1 heterocycles. The molecule has 0 saturated heterocycles. The highest BCUT2D eigenvalue weighted by molar-refractivity contribution is 7.14. The van der Waals surface area contributed by atoms with Crippen molar-refractivity contribution in [2.45, 2.75) is 20.0 Å². The Bertz CT molecular complexity index is 1040. The van der Waals surface area contributed by atoms with Crippen molar-refractivity contribution in [2.75, 3.05) is 5.32 Å². The van der Waals surface area contributed by atoms with Crippen LogP contribution in [-0.2, 0) is 4.79 Å². The maximum atomic E-state index is 12.1. The third kappa shape index (κ3) is 5.73. The van der Waals surface area contributed by atoms with Gasteiger partial charge in [-0.2, -0.15) is 0 Å². The molecule has 148 valence electrons. The quantitative estimate of drug-likeness (QED) is 0.330. The number of nitro benzene ring substituents is 1. The van der Waals surface area contributed by atoms with Gasteiger partial charge in [-0.05, 0) is 49.8 Å². The van der Waals surface area contributed by atoms with Crippen LogP contribution in [0, 0.1) is 10.1 Å². The number of nitrogens with one attached hydrogen (secondary N) is 1. The molecule has 0 fully saturated rings. The van der Waals surface area contributed by atoms with E-state index in [1.54, 1.807) is 12.1 Å². The molecule has 0 saturated carbocycles. The van der Waals surface area contributed by atoms with Crippen LogP contribution >= 0.6 is 11.3 Å². The van der Waals surface area contributed by atoms with Gasteiger partial charge in [-0.25, -0.2) is 4.98 Å². The second-order valence-corrected chi connectivity index (χ2v) is 7.26. The van der Waals surface area contributed by atoms with Gasteiger partial charge in [0.15, 0.2) is 5.13 Å². The molecule has 1 aromatic heterocycles. The number of ether oxygens (including phenoxy) is 1. The van der Waals surface area contributed by atoms with Crippen molar-refractivity contribution < 1.29 is 14.5 Å². The summed E-state index contributed by atoms with van der Waals surface area (Å²) in [5, 5.41) is 15.8. The second-order valence-electron chi connectivity index (χ2n) is 6.40. The van der Waals surface area contributed by atoms with Crippen molar-refractivity contribution in [1.29, 1.82) is 0 Å². The highest BCUT2D eigenvalue weighted by atomic mass is 32.1. The number of carbonyl (C=O) groups excluding carboxylic acids is 1. The highest BCUT2D eigenvalue weighted by Crippen LogP contribution is 2.27. The molecule has 2 aromatic carbocycles. The lowest BCUT2D eigenvalue weighted by molar-refractivity contribution is -0.384. The highest BCUT2D eigenvalue weighted by Gasteiger charge is 2.08. The normalized spacial score (nSPS) is 11.0. The molecule has 0 radical (unpaired) electrons. The van der Waals surface area contributed by atoms with Crippen LogP contribution in [0.25, 0.3) is 17.3 Å². The zero-order chi connectivity index (χ0) is 20.8. The number of nitrogens with zero attached hydrogens (tertiary/aromatic N) is 2. The van der Waals surface area contributed by atoms with Crippen molar-refractivity contribution in [3.05, 3.63) is 75.7 Å². The van der Waals surface area contributed by atoms with Crippen LogP contribution in [0.15, 0.2) is 60.0 Å². The van der Waals surface area contributed by atoms with Crippen LogP contribution in [0.5, 0.6) is 5.75 Å². The van der Waals surface area contributed by atoms with E-state index in [1.165, 1.54) is 35.6 Å². The van der Waals surface area contributed by atoms with E-state index in [-0.39, 0.29) is 17.7 Å². The summed E-state index contributed by atoms with van der Waals surface area (Å²) in [5.41, 5.74) is 2.22. The van der Waals surface area contributed by atoms with E-state index in [1.807, 2.05) is 43.5 Å². The minimum Gasteiger partial charge on any atom is -0.491 e. The van der Waals surface area contributed by atoms with Gasteiger partial charge in [0.1, 0.15) is 5.75 Å². The Morgan fingerprint density at radius 2 is 2.00 bits per heavy atom. The molecule has 1 amide bonds. The predicted octanol–water partition coefficient (Wildman–Crippen LogP) is 5.16. The smallest absolute Gasteiger partial charge is 0.270 e. The van der Waals surface area contributed by atoms with E-state index >= 15 is 0 Å². The molecule has 7 nitrogen and oxygen atoms in total. The SMILES string of the molecule is CC(C)Oc1ccc(-c2csc(NC(=O)/C=C/c3cccc([N+](=O)[O-])c3)n2)cc1. The van der Waals surface area contributed by atoms with Crippen LogP contribution in [0.3, 0.4) is 0 Å². The van der Waals surface area contributed by atoms with Gasteiger partial charge in [0, 0.05) is 29.2 Å². The van der Waals surface area contributed by atoms with Gasteiger partial charge in [-0.3, -0.25) is 20.2 Å². The van der Waals surface area contributed by atoms with Gasteiger partial charge in [-0.15, -0.1) is 11.3 Å². The number of rotatable bonds is 7. The number of thiazole rings is 1. The molecule has 0 atom stereocenters. The van der Waals surface area contributed by atoms with Crippen molar-refractivity contribution >= 4 is 34.1 Å². The topological polar surface area (TPSA) is 94.4 Å². The van der Waals surface area contributed by atoms with Crippen LogP contribution in [0.4, 0.5) is 10.8 Å². The van der Waals surface area contributed by atoms with Gasteiger partial charge in [0.05, 0.1) is 16.7 Å². The summed E-state index contributed by atoms with van der Waals surface area (Å²) < 4.78 is 5.63. The van der Waals surface area contributed by atoms with Gasteiger partial charge < -0.3 is 4.74 Å². The number of nitro groups is 1. The molecule has 0 aliphatic heterocycles. The molecule has 8 heteroatoms. The Hall–Kier alpha value is -3.52. The summed E-state index contributed by atoms with van der Waals surface area (Å²) >= 11 is 1.32. The summed E-state index contributed by atoms with van der Waals surface area (Å²) in [5.74, 6) is 0.428. The minimum absolute atomic E-state index is 0.0260. The molecular formula is C21H19N3O4S. The molecule has 1 N–H and O–H groups in total. The van der Waals surface area contributed by atoms with Gasteiger partial charge in [0.25, 0.3) is 5.69 Å². The Balaban J connectivity index is 1.63. The number of anilines is 1. The number of amides is 1. The zero-order valence-corrected chi connectivity index (χ0v) is 16.7. The second kappa shape index (κ2) is 9.11. The maximum Gasteiger partial charge on any atom is 0.270 e. The number of benzene rings is 2. The monoisotopic (exact) mass is 409 g/mol. The van der Waals surface area contributed by atoms with Gasteiger partial charge >= 0.3 is 0 Å². The number of aromatic nitrogens is 1. The number of non-ortho nitro benzene ring substituents is 1. The average Bonchev–Trinajstić information content (AvgIpc) is 3.15. The summed E-state index contributed by atoms with van der Waals surface area (Å²) in [6.07, 6.45) is 2.94. The van der Waals surface area contributed by atoms with E-state index in [0.29, 0.717) is 10.7 Å². The third-order valence-electron chi connectivity index (χ3n) is 3.76.